The van der Waals surface area contributed by atoms with Gasteiger partial charge in [0.25, 0.3) is 0 Å². The summed E-state index contributed by atoms with van der Waals surface area (Å²) < 4.78 is 0. The highest BCUT2D eigenvalue weighted by Crippen LogP contribution is 2.31. The summed E-state index contributed by atoms with van der Waals surface area (Å²) in [7, 11) is 0. The molecule has 0 spiro atoms. The molecule has 1 aromatic carbocycles. The summed E-state index contributed by atoms with van der Waals surface area (Å²) in [5.74, 6) is 0.726. The Morgan fingerprint density at radius 3 is 2.46 bits per heavy atom. The van der Waals surface area contributed by atoms with E-state index in [-0.39, 0.29) is 11.3 Å². The molecular formula is C23H24N4O. The molecule has 2 aromatic heterocycles. The van der Waals surface area contributed by atoms with E-state index in [9.17, 15) is 4.79 Å². The van der Waals surface area contributed by atoms with Gasteiger partial charge < -0.3 is 10.6 Å². The first-order chi connectivity index (χ1) is 13.6. The van der Waals surface area contributed by atoms with Crippen molar-refractivity contribution in [3.8, 4) is 0 Å². The van der Waals surface area contributed by atoms with Gasteiger partial charge in [0.1, 0.15) is 11.5 Å². The maximum atomic E-state index is 12.8. The molecular weight excluding hydrogens is 348 g/mol. The fourth-order valence-electron chi connectivity index (χ4n) is 3.78. The topological polar surface area (TPSA) is 72.1 Å². The predicted octanol–water partition coefficient (Wildman–Crippen LogP) is 3.47. The van der Waals surface area contributed by atoms with E-state index in [0.717, 1.165) is 31.7 Å². The van der Waals surface area contributed by atoms with Crippen molar-refractivity contribution in [1.29, 1.82) is 0 Å². The molecule has 1 aliphatic heterocycles. The first-order valence-corrected chi connectivity index (χ1v) is 9.60. The summed E-state index contributed by atoms with van der Waals surface area (Å²) in [6.07, 6.45) is 3.38. The van der Waals surface area contributed by atoms with Gasteiger partial charge in [-0.25, -0.2) is 4.98 Å². The van der Waals surface area contributed by atoms with Crippen LogP contribution in [0.4, 0.5) is 5.82 Å². The van der Waals surface area contributed by atoms with Crippen LogP contribution in [0.5, 0.6) is 0 Å². The second-order valence-corrected chi connectivity index (χ2v) is 7.36. The van der Waals surface area contributed by atoms with Crippen molar-refractivity contribution in [3.63, 3.8) is 0 Å². The number of carbonyl (C=O) groups excluding carboxylic acids is 1. The van der Waals surface area contributed by atoms with Crippen LogP contribution in [0.25, 0.3) is 0 Å². The summed E-state index contributed by atoms with van der Waals surface area (Å²) in [6.45, 7) is 3.45. The molecule has 0 bridgehead atoms. The van der Waals surface area contributed by atoms with Crippen LogP contribution in [0.3, 0.4) is 0 Å². The molecule has 1 aliphatic rings. The van der Waals surface area contributed by atoms with E-state index in [0.29, 0.717) is 17.0 Å². The molecule has 0 atom stereocenters. The molecule has 5 heteroatoms. The zero-order valence-corrected chi connectivity index (χ0v) is 16.0. The summed E-state index contributed by atoms with van der Waals surface area (Å²) >= 11 is 0. The number of ketones is 1. The highest BCUT2D eigenvalue weighted by atomic mass is 16.1. The Kier molecular flexibility index (Phi) is 4.92. The molecule has 0 amide bonds. The third-order valence-corrected chi connectivity index (χ3v) is 5.55. The van der Waals surface area contributed by atoms with Gasteiger partial charge in [-0.1, -0.05) is 36.4 Å². The number of nitrogens with zero attached hydrogens (tertiary/aromatic N) is 3. The number of nitrogens with two attached hydrogens (primary N) is 1. The minimum absolute atomic E-state index is 0.0954. The zero-order valence-electron chi connectivity index (χ0n) is 16.0. The van der Waals surface area contributed by atoms with E-state index >= 15 is 0 Å². The first-order valence-electron chi connectivity index (χ1n) is 9.60. The smallest absolute Gasteiger partial charge is 0.213 e. The van der Waals surface area contributed by atoms with Gasteiger partial charge in [-0.05, 0) is 49.6 Å². The average molecular weight is 372 g/mol. The second kappa shape index (κ2) is 7.52. The molecule has 1 saturated heterocycles. The summed E-state index contributed by atoms with van der Waals surface area (Å²) in [4.78, 5) is 23.9. The first kappa shape index (κ1) is 18.3. The molecule has 4 rings (SSSR count). The summed E-state index contributed by atoms with van der Waals surface area (Å²) in [5.41, 5.74) is 9.31. The highest BCUT2D eigenvalue weighted by molar-refractivity contribution is 6.08. The number of anilines is 1. The van der Waals surface area contributed by atoms with Gasteiger partial charge >= 0.3 is 0 Å². The lowest BCUT2D eigenvalue weighted by Crippen LogP contribution is -2.48. The zero-order chi connectivity index (χ0) is 19.6. The number of rotatable bonds is 4. The predicted molar refractivity (Wildman–Crippen MR) is 110 cm³/mol. The number of aromatic nitrogens is 2. The molecule has 3 heterocycles. The third-order valence-electron chi connectivity index (χ3n) is 5.55. The number of carbonyl (C=O) groups is 1. The van der Waals surface area contributed by atoms with E-state index in [1.54, 1.807) is 24.4 Å². The summed E-state index contributed by atoms with van der Waals surface area (Å²) in [5, 5.41) is 0. The maximum Gasteiger partial charge on any atom is 0.213 e. The van der Waals surface area contributed by atoms with Gasteiger partial charge in [-0.2, -0.15) is 0 Å². The fraction of sp³-hybridized carbons (Fsp3) is 0.261. The van der Waals surface area contributed by atoms with Gasteiger partial charge in [-0.3, -0.25) is 9.78 Å². The molecule has 28 heavy (non-hydrogen) atoms. The Bertz CT molecular complexity index is 979. The van der Waals surface area contributed by atoms with E-state index in [1.165, 1.54) is 5.56 Å². The van der Waals surface area contributed by atoms with Crippen molar-refractivity contribution in [1.82, 2.24) is 9.97 Å². The Balaban J connectivity index is 1.52. The van der Waals surface area contributed by atoms with Crippen molar-refractivity contribution in [2.45, 2.75) is 25.3 Å². The Morgan fingerprint density at radius 2 is 1.75 bits per heavy atom. The van der Waals surface area contributed by atoms with Crippen LogP contribution in [0.1, 0.15) is 40.2 Å². The molecule has 0 saturated carbocycles. The minimum Gasteiger partial charge on any atom is -0.356 e. The lowest BCUT2D eigenvalue weighted by atomic mass is 9.82. The Labute approximate surface area is 165 Å². The van der Waals surface area contributed by atoms with Crippen molar-refractivity contribution in [2.75, 3.05) is 18.0 Å². The number of hydrogen-bond acceptors (Lipinski definition) is 5. The molecule has 0 aliphatic carbocycles. The molecule has 0 unspecified atom stereocenters. The van der Waals surface area contributed by atoms with Crippen LogP contribution in [0.2, 0.25) is 0 Å². The van der Waals surface area contributed by atoms with E-state index in [1.807, 2.05) is 37.3 Å². The standard InChI is InChI=1S/C23H24N4O/c1-17-19(9-6-14-25-17)22(28)20-10-5-11-21(26-20)27-15-12-23(24,13-16-27)18-7-3-2-4-8-18/h2-11,14H,12-13,15-16,24H2,1H3. The van der Waals surface area contributed by atoms with Crippen LogP contribution < -0.4 is 10.6 Å². The Hall–Kier alpha value is -3.05. The lowest BCUT2D eigenvalue weighted by molar-refractivity contribution is 0.103. The summed E-state index contributed by atoms with van der Waals surface area (Å²) in [6, 6.07) is 19.5. The Morgan fingerprint density at radius 1 is 1.00 bits per heavy atom. The molecule has 3 aromatic rings. The largest absolute Gasteiger partial charge is 0.356 e. The number of piperidine rings is 1. The van der Waals surface area contributed by atoms with E-state index < -0.39 is 0 Å². The highest BCUT2D eigenvalue weighted by Gasteiger charge is 2.32. The SMILES string of the molecule is Cc1ncccc1C(=O)c1cccc(N2CCC(N)(c3ccccc3)CC2)n1. The number of benzene rings is 1. The molecule has 142 valence electrons. The van der Waals surface area contributed by atoms with Gasteiger partial charge in [0.2, 0.25) is 5.78 Å². The molecule has 2 N–H and O–H groups in total. The second-order valence-electron chi connectivity index (χ2n) is 7.36. The van der Waals surface area contributed by atoms with Crippen molar-refractivity contribution >= 4 is 11.6 Å². The quantitative estimate of drug-likeness (QED) is 0.710. The van der Waals surface area contributed by atoms with E-state index in [2.05, 4.69) is 27.0 Å². The van der Waals surface area contributed by atoms with Crippen molar-refractivity contribution in [3.05, 3.63) is 89.4 Å². The van der Waals surface area contributed by atoms with E-state index in [4.69, 9.17) is 5.73 Å². The molecule has 5 nitrogen and oxygen atoms in total. The lowest BCUT2D eigenvalue weighted by Gasteiger charge is -2.40. The van der Waals surface area contributed by atoms with Gasteiger partial charge in [0, 0.05) is 36.1 Å². The third kappa shape index (κ3) is 3.53. The molecule has 0 radical (unpaired) electrons. The van der Waals surface area contributed by atoms with Crippen LogP contribution in [0.15, 0.2) is 66.9 Å². The van der Waals surface area contributed by atoms with Gasteiger partial charge in [0.15, 0.2) is 0 Å². The monoisotopic (exact) mass is 372 g/mol. The van der Waals surface area contributed by atoms with Gasteiger partial charge in [0.05, 0.1) is 0 Å². The molecule has 1 fully saturated rings. The van der Waals surface area contributed by atoms with Crippen LogP contribution in [-0.2, 0) is 5.54 Å². The van der Waals surface area contributed by atoms with Crippen LogP contribution in [-0.4, -0.2) is 28.8 Å². The fourth-order valence-corrected chi connectivity index (χ4v) is 3.78. The minimum atomic E-state index is -0.308. The van der Waals surface area contributed by atoms with Crippen LogP contribution in [0, 0.1) is 6.92 Å². The average Bonchev–Trinajstić information content (AvgIpc) is 2.75. The van der Waals surface area contributed by atoms with Crippen molar-refractivity contribution in [2.24, 2.45) is 5.73 Å². The number of aryl methyl sites for hydroxylation is 1. The van der Waals surface area contributed by atoms with Gasteiger partial charge in [-0.15, -0.1) is 0 Å². The number of pyridine rings is 2. The normalized spacial score (nSPS) is 16.0. The van der Waals surface area contributed by atoms with Crippen LogP contribution >= 0.6 is 0 Å². The number of hydrogen-bond donors (Lipinski definition) is 1. The maximum absolute atomic E-state index is 12.8. The van der Waals surface area contributed by atoms with Crippen molar-refractivity contribution < 1.29 is 4.79 Å².